The van der Waals surface area contributed by atoms with Crippen LogP contribution in [0, 0.1) is 0 Å². The van der Waals surface area contributed by atoms with Crippen LogP contribution >= 0.6 is 0 Å². The minimum atomic E-state index is -1.49. The predicted molar refractivity (Wildman–Crippen MR) is 58.1 cm³/mol. The fraction of sp³-hybridized carbons (Fsp3) is 0.818. The Morgan fingerprint density at radius 1 is 1.12 bits per heavy atom. The zero-order valence-electron chi connectivity index (χ0n) is 10.4. The van der Waals surface area contributed by atoms with Crippen LogP contribution in [0.3, 0.4) is 0 Å². The van der Waals surface area contributed by atoms with Crippen LogP contribution in [-0.4, -0.2) is 34.9 Å². The van der Waals surface area contributed by atoms with Gasteiger partial charge in [0.15, 0.2) is 0 Å². The number of carboxylic acid groups (broad SMARTS) is 1. The molecule has 0 bridgehead atoms. The third-order valence-corrected chi connectivity index (χ3v) is 1.74. The zero-order valence-corrected chi connectivity index (χ0v) is 10.4. The summed E-state index contributed by atoms with van der Waals surface area (Å²) in [6.45, 7) is 8.50. The first-order valence-corrected chi connectivity index (χ1v) is 5.28. The van der Waals surface area contributed by atoms with E-state index in [9.17, 15) is 9.59 Å². The predicted octanol–water partition coefficient (Wildman–Crippen LogP) is 1.60. The third-order valence-electron chi connectivity index (χ3n) is 1.74. The summed E-state index contributed by atoms with van der Waals surface area (Å²) in [6, 6.07) is 0. The van der Waals surface area contributed by atoms with Gasteiger partial charge in [-0.25, -0.2) is 0 Å². The molecule has 0 heterocycles. The highest BCUT2D eigenvalue weighted by atomic mass is 16.7. The lowest BCUT2D eigenvalue weighted by atomic mass is 10.1. The van der Waals surface area contributed by atoms with E-state index in [4.69, 9.17) is 14.6 Å². The Kier molecular flexibility index (Phi) is 5.61. The number of carbonyl (C=O) groups excluding carboxylic acids is 1. The minimum Gasteiger partial charge on any atom is -0.481 e. The first-order valence-electron chi connectivity index (χ1n) is 5.28. The molecular formula is C11H20O5. The molecule has 1 N–H and O–H groups in total. The molecule has 0 aliphatic carbocycles. The first kappa shape index (κ1) is 15.1. The highest BCUT2D eigenvalue weighted by molar-refractivity contribution is 5.98. The summed E-state index contributed by atoms with van der Waals surface area (Å²) in [7, 11) is 0. The second-order valence-corrected chi connectivity index (χ2v) is 4.27. The second-order valence-electron chi connectivity index (χ2n) is 4.27. The van der Waals surface area contributed by atoms with E-state index in [1.165, 1.54) is 6.92 Å². The van der Waals surface area contributed by atoms with Gasteiger partial charge in [0.2, 0.25) is 11.6 Å². The van der Waals surface area contributed by atoms with Crippen molar-refractivity contribution >= 4 is 11.8 Å². The summed E-state index contributed by atoms with van der Waals surface area (Å²) in [5.41, 5.74) is 0. The molecule has 0 amide bonds. The summed E-state index contributed by atoms with van der Waals surface area (Å²) in [6.07, 6.45) is -1.04. The van der Waals surface area contributed by atoms with Crippen molar-refractivity contribution in [2.24, 2.45) is 0 Å². The monoisotopic (exact) mass is 232 g/mol. The van der Waals surface area contributed by atoms with Crippen LogP contribution in [0.1, 0.15) is 41.0 Å². The Hall–Kier alpha value is -0.940. The number of rotatable bonds is 7. The summed E-state index contributed by atoms with van der Waals surface area (Å²) >= 11 is 0. The minimum absolute atomic E-state index is 0.221. The van der Waals surface area contributed by atoms with Crippen LogP contribution in [0.5, 0.6) is 0 Å². The van der Waals surface area contributed by atoms with Crippen molar-refractivity contribution in [1.82, 2.24) is 0 Å². The van der Waals surface area contributed by atoms with E-state index in [1.54, 1.807) is 27.7 Å². The molecule has 0 atom stereocenters. The van der Waals surface area contributed by atoms with Gasteiger partial charge in [0, 0.05) is 0 Å². The van der Waals surface area contributed by atoms with Gasteiger partial charge in [-0.2, -0.15) is 0 Å². The highest BCUT2D eigenvalue weighted by Gasteiger charge is 2.38. The lowest BCUT2D eigenvalue weighted by molar-refractivity contribution is -0.246. The molecule has 0 saturated carbocycles. The maximum absolute atomic E-state index is 11.7. The number of hydrogen-bond donors (Lipinski definition) is 1. The molecule has 0 rings (SSSR count). The SMILES string of the molecule is CC(C)OC(C)(OC(C)C)C(=O)CC(=O)O. The van der Waals surface area contributed by atoms with Gasteiger partial charge in [0.05, 0.1) is 12.2 Å². The van der Waals surface area contributed by atoms with Gasteiger partial charge in [-0.1, -0.05) is 0 Å². The molecule has 0 fully saturated rings. The Morgan fingerprint density at radius 2 is 1.50 bits per heavy atom. The molecule has 16 heavy (non-hydrogen) atoms. The lowest BCUT2D eigenvalue weighted by Crippen LogP contribution is -2.45. The van der Waals surface area contributed by atoms with Crippen LogP contribution in [0.25, 0.3) is 0 Å². The summed E-state index contributed by atoms with van der Waals surface area (Å²) in [4.78, 5) is 22.2. The average molecular weight is 232 g/mol. The molecule has 0 aromatic rings. The van der Waals surface area contributed by atoms with Gasteiger partial charge in [0.25, 0.3) is 0 Å². The van der Waals surface area contributed by atoms with Gasteiger partial charge in [0.1, 0.15) is 6.42 Å². The van der Waals surface area contributed by atoms with E-state index < -0.39 is 24.0 Å². The summed E-state index contributed by atoms with van der Waals surface area (Å²) < 4.78 is 10.8. The van der Waals surface area contributed by atoms with Crippen LogP contribution < -0.4 is 0 Å². The fourth-order valence-corrected chi connectivity index (χ4v) is 1.36. The molecule has 94 valence electrons. The van der Waals surface area contributed by atoms with Crippen molar-refractivity contribution in [3.63, 3.8) is 0 Å². The topological polar surface area (TPSA) is 72.8 Å². The van der Waals surface area contributed by atoms with Crippen LogP contribution in [0.15, 0.2) is 0 Å². The quantitative estimate of drug-likeness (QED) is 0.533. The molecular weight excluding hydrogens is 212 g/mol. The first-order chi connectivity index (χ1) is 7.17. The Balaban J connectivity index is 4.76. The molecule has 0 aliphatic rings. The number of Topliss-reactive ketones (excluding diaryl/α,β-unsaturated/α-hetero) is 1. The molecule has 5 heteroatoms. The summed E-state index contributed by atoms with van der Waals surface area (Å²) in [5, 5.41) is 8.58. The Bertz CT molecular complexity index is 247. The maximum atomic E-state index is 11.7. The van der Waals surface area contributed by atoms with Crippen molar-refractivity contribution in [3.8, 4) is 0 Å². The van der Waals surface area contributed by atoms with E-state index in [-0.39, 0.29) is 12.2 Å². The van der Waals surface area contributed by atoms with Crippen molar-refractivity contribution in [2.75, 3.05) is 0 Å². The van der Waals surface area contributed by atoms with Crippen LogP contribution in [0.4, 0.5) is 0 Å². The van der Waals surface area contributed by atoms with Crippen molar-refractivity contribution in [1.29, 1.82) is 0 Å². The van der Waals surface area contributed by atoms with E-state index in [0.717, 1.165) is 0 Å². The Labute approximate surface area is 95.7 Å². The number of ketones is 1. The molecule has 0 saturated heterocycles. The second kappa shape index (κ2) is 5.96. The van der Waals surface area contributed by atoms with Crippen LogP contribution in [-0.2, 0) is 19.1 Å². The van der Waals surface area contributed by atoms with Gasteiger partial charge < -0.3 is 14.6 Å². The van der Waals surface area contributed by atoms with Gasteiger partial charge >= 0.3 is 5.97 Å². The molecule has 0 aromatic carbocycles. The van der Waals surface area contributed by atoms with Gasteiger partial charge in [-0.15, -0.1) is 0 Å². The van der Waals surface area contributed by atoms with Gasteiger partial charge in [-0.05, 0) is 34.6 Å². The van der Waals surface area contributed by atoms with Gasteiger partial charge in [-0.3, -0.25) is 9.59 Å². The molecule has 0 unspecified atom stereocenters. The van der Waals surface area contributed by atoms with Crippen molar-refractivity contribution in [3.05, 3.63) is 0 Å². The van der Waals surface area contributed by atoms with Crippen LogP contribution in [0.2, 0.25) is 0 Å². The zero-order chi connectivity index (χ0) is 12.9. The largest absolute Gasteiger partial charge is 0.481 e. The number of aliphatic carboxylic acids is 1. The average Bonchev–Trinajstić information content (AvgIpc) is 1.98. The number of hydrogen-bond acceptors (Lipinski definition) is 4. The molecule has 0 radical (unpaired) electrons. The molecule has 0 aromatic heterocycles. The molecule has 0 aliphatic heterocycles. The highest BCUT2D eigenvalue weighted by Crippen LogP contribution is 2.20. The van der Waals surface area contributed by atoms with E-state index in [1.807, 2.05) is 0 Å². The lowest BCUT2D eigenvalue weighted by Gasteiger charge is -2.31. The van der Waals surface area contributed by atoms with Crippen molar-refractivity contribution in [2.45, 2.75) is 59.0 Å². The Morgan fingerprint density at radius 3 is 1.75 bits per heavy atom. The smallest absolute Gasteiger partial charge is 0.311 e. The number of ether oxygens (including phenoxy) is 2. The van der Waals surface area contributed by atoms with Crippen molar-refractivity contribution < 1.29 is 24.2 Å². The third kappa shape index (κ3) is 5.23. The maximum Gasteiger partial charge on any atom is 0.311 e. The molecule has 0 spiro atoms. The standard InChI is InChI=1S/C11H20O5/c1-7(2)15-11(5,16-8(3)4)9(12)6-10(13)14/h7-8H,6H2,1-5H3,(H,13,14). The number of carboxylic acids is 1. The fourth-order valence-electron chi connectivity index (χ4n) is 1.36. The number of carbonyl (C=O) groups is 2. The van der Waals surface area contributed by atoms with E-state index in [2.05, 4.69) is 0 Å². The van der Waals surface area contributed by atoms with E-state index >= 15 is 0 Å². The summed E-state index contributed by atoms with van der Waals surface area (Å²) in [5.74, 6) is -3.25. The normalized spacial score (nSPS) is 12.2. The van der Waals surface area contributed by atoms with E-state index in [0.29, 0.717) is 0 Å². The molecule has 5 nitrogen and oxygen atoms in total.